The van der Waals surface area contributed by atoms with E-state index in [9.17, 15) is 30.3 Å². The second-order valence-corrected chi connectivity index (χ2v) is 7.62. The van der Waals surface area contributed by atoms with Gasteiger partial charge in [0.1, 0.15) is 24.4 Å². The number of carbonyl (C=O) groups excluding carboxylic acids is 1. The molecule has 0 aromatic heterocycles. The highest BCUT2D eigenvalue weighted by Gasteiger charge is 2.45. The summed E-state index contributed by atoms with van der Waals surface area (Å²) < 4.78 is 26.5. The second-order valence-electron chi connectivity index (χ2n) is 7.62. The summed E-state index contributed by atoms with van der Waals surface area (Å²) in [5.41, 5.74) is 0.574. The number of hydrogen-bond acceptors (Lipinski definition) is 11. The number of methoxy groups -OCH3 is 3. The molecular weight excluding hydrogens is 464 g/mol. The third-order valence-corrected chi connectivity index (χ3v) is 5.49. The number of aliphatic hydroxyl groups excluding tert-OH is 4. The molecule has 3 rings (SSSR count). The van der Waals surface area contributed by atoms with E-state index in [2.05, 4.69) is 0 Å². The van der Waals surface area contributed by atoms with Crippen LogP contribution in [0.15, 0.2) is 36.4 Å². The van der Waals surface area contributed by atoms with Crippen molar-refractivity contribution in [3.05, 3.63) is 47.5 Å². The van der Waals surface area contributed by atoms with Gasteiger partial charge in [-0.15, -0.1) is 0 Å². The maximum Gasteiger partial charge on any atom is 0.229 e. The molecule has 0 aliphatic carbocycles. The number of rotatable bonds is 9. The Bertz CT molecular complexity index is 1070. The molecular formula is C24H28O11. The molecule has 1 aliphatic heterocycles. The van der Waals surface area contributed by atoms with Crippen LogP contribution >= 0.6 is 0 Å². The molecule has 11 nitrogen and oxygen atoms in total. The maximum absolute atomic E-state index is 12.7. The Hall–Kier alpha value is -3.35. The molecule has 11 heteroatoms. The molecule has 2 aromatic carbocycles. The topological polar surface area (TPSA) is 164 Å². The van der Waals surface area contributed by atoms with Crippen LogP contribution in [0.1, 0.15) is 15.9 Å². The first-order chi connectivity index (χ1) is 16.7. The fourth-order valence-electron chi connectivity index (χ4n) is 3.55. The zero-order valence-electron chi connectivity index (χ0n) is 19.3. The summed E-state index contributed by atoms with van der Waals surface area (Å²) in [5, 5.41) is 50.0. The SMILES string of the molecule is COc1ccc(/C=C/C(=O)c2ccc(OC3OC(CO)C(O)C(O)C3O)c(OC)c2O)cc1OC. The number of phenolic OH excluding ortho intramolecular Hbond substituents is 1. The van der Waals surface area contributed by atoms with Crippen LogP contribution in [-0.4, -0.2) is 90.0 Å². The van der Waals surface area contributed by atoms with Crippen molar-refractivity contribution >= 4 is 11.9 Å². The van der Waals surface area contributed by atoms with Crippen LogP contribution in [0.25, 0.3) is 6.08 Å². The zero-order valence-corrected chi connectivity index (χ0v) is 19.3. The standard InChI is InChI=1S/C24H28O11/c1-31-15-8-5-12(10-17(15)32-2)4-7-14(26)13-6-9-16(23(33-3)19(13)27)34-24-22(30)21(29)20(28)18(11-25)35-24/h4-10,18,20-22,24-25,27-30H,11H2,1-3H3/b7-4+. The lowest BCUT2D eigenvalue weighted by atomic mass is 9.99. The minimum absolute atomic E-state index is 0.0836. The van der Waals surface area contributed by atoms with E-state index in [1.807, 2.05) is 0 Å². The van der Waals surface area contributed by atoms with Crippen molar-refractivity contribution in [3.63, 3.8) is 0 Å². The van der Waals surface area contributed by atoms with Crippen LogP contribution in [-0.2, 0) is 4.74 Å². The number of aromatic hydroxyl groups is 1. The molecule has 0 radical (unpaired) electrons. The summed E-state index contributed by atoms with van der Waals surface area (Å²) in [6.07, 6.45) is -4.74. The van der Waals surface area contributed by atoms with Gasteiger partial charge in [0, 0.05) is 0 Å². The van der Waals surface area contributed by atoms with Crippen molar-refractivity contribution in [2.75, 3.05) is 27.9 Å². The van der Waals surface area contributed by atoms with Crippen LogP contribution in [0, 0.1) is 0 Å². The van der Waals surface area contributed by atoms with Crippen LogP contribution in [0.4, 0.5) is 0 Å². The molecule has 0 amide bonds. The third kappa shape index (κ3) is 5.50. The van der Waals surface area contributed by atoms with Crippen LogP contribution < -0.4 is 18.9 Å². The van der Waals surface area contributed by atoms with E-state index in [1.165, 1.54) is 45.6 Å². The van der Waals surface area contributed by atoms with Gasteiger partial charge in [-0.1, -0.05) is 12.1 Å². The van der Waals surface area contributed by atoms with Gasteiger partial charge >= 0.3 is 0 Å². The van der Waals surface area contributed by atoms with Crippen molar-refractivity contribution in [1.82, 2.24) is 0 Å². The zero-order chi connectivity index (χ0) is 25.7. The smallest absolute Gasteiger partial charge is 0.229 e. The van der Waals surface area contributed by atoms with Gasteiger partial charge in [-0.2, -0.15) is 0 Å². The van der Waals surface area contributed by atoms with E-state index in [-0.39, 0.29) is 17.1 Å². The van der Waals surface area contributed by atoms with Crippen LogP contribution in [0.3, 0.4) is 0 Å². The number of allylic oxidation sites excluding steroid dienone is 1. The highest BCUT2D eigenvalue weighted by atomic mass is 16.7. The lowest BCUT2D eigenvalue weighted by molar-refractivity contribution is -0.277. The van der Waals surface area contributed by atoms with Crippen molar-refractivity contribution in [2.24, 2.45) is 0 Å². The van der Waals surface area contributed by atoms with Crippen LogP contribution in [0.5, 0.6) is 28.7 Å². The minimum atomic E-state index is -1.66. The average Bonchev–Trinajstić information content (AvgIpc) is 2.87. The Labute approximate surface area is 201 Å². The van der Waals surface area contributed by atoms with Crippen molar-refractivity contribution in [3.8, 4) is 28.7 Å². The molecule has 1 heterocycles. The maximum atomic E-state index is 12.7. The van der Waals surface area contributed by atoms with Crippen molar-refractivity contribution < 1.29 is 54.0 Å². The van der Waals surface area contributed by atoms with Gasteiger partial charge < -0.3 is 49.2 Å². The molecule has 5 atom stereocenters. The van der Waals surface area contributed by atoms with Gasteiger partial charge in [-0.25, -0.2) is 0 Å². The Kier molecular flexibility index (Phi) is 8.54. The van der Waals surface area contributed by atoms with Gasteiger partial charge in [0.15, 0.2) is 28.8 Å². The van der Waals surface area contributed by atoms with E-state index in [1.54, 1.807) is 18.2 Å². The monoisotopic (exact) mass is 492 g/mol. The quantitative estimate of drug-likeness (QED) is 0.244. The highest BCUT2D eigenvalue weighted by Crippen LogP contribution is 2.41. The average molecular weight is 492 g/mol. The molecule has 1 saturated heterocycles. The predicted molar refractivity (Wildman–Crippen MR) is 122 cm³/mol. The van der Waals surface area contributed by atoms with E-state index in [0.717, 1.165) is 0 Å². The summed E-state index contributed by atoms with van der Waals surface area (Å²) in [7, 11) is 4.25. The number of hydrogen-bond donors (Lipinski definition) is 5. The third-order valence-electron chi connectivity index (χ3n) is 5.49. The van der Waals surface area contributed by atoms with E-state index >= 15 is 0 Å². The number of aliphatic hydroxyl groups is 4. The molecule has 0 spiro atoms. The lowest BCUT2D eigenvalue weighted by Crippen LogP contribution is -2.60. The van der Waals surface area contributed by atoms with Gasteiger partial charge in [0.2, 0.25) is 12.0 Å². The number of ether oxygens (including phenoxy) is 5. The number of phenols is 1. The summed E-state index contributed by atoms with van der Waals surface area (Å²) in [6.45, 7) is -0.632. The number of carbonyl (C=O) groups is 1. The van der Waals surface area contributed by atoms with Gasteiger partial charge in [-0.3, -0.25) is 4.79 Å². The molecule has 2 aromatic rings. The Balaban J connectivity index is 1.82. The van der Waals surface area contributed by atoms with E-state index in [4.69, 9.17) is 23.7 Å². The van der Waals surface area contributed by atoms with Gasteiger partial charge in [0.25, 0.3) is 0 Å². The van der Waals surface area contributed by atoms with E-state index < -0.39 is 48.8 Å². The first-order valence-corrected chi connectivity index (χ1v) is 10.6. The summed E-state index contributed by atoms with van der Waals surface area (Å²) >= 11 is 0. The highest BCUT2D eigenvalue weighted by molar-refractivity contribution is 6.09. The molecule has 0 saturated carbocycles. The molecule has 0 bridgehead atoms. The summed E-state index contributed by atoms with van der Waals surface area (Å²) in [4.78, 5) is 12.7. The predicted octanol–water partition coefficient (Wildman–Crippen LogP) is 0.493. The van der Waals surface area contributed by atoms with Crippen molar-refractivity contribution in [1.29, 1.82) is 0 Å². The Morgan fingerprint density at radius 1 is 0.943 bits per heavy atom. The minimum Gasteiger partial charge on any atom is -0.504 e. The summed E-state index contributed by atoms with van der Waals surface area (Å²) in [5.74, 6) is -0.344. The number of benzene rings is 2. The fraction of sp³-hybridized carbons (Fsp3) is 0.375. The van der Waals surface area contributed by atoms with Gasteiger partial charge in [0.05, 0.1) is 33.5 Å². The molecule has 190 valence electrons. The molecule has 5 unspecified atom stereocenters. The molecule has 1 fully saturated rings. The fourth-order valence-corrected chi connectivity index (χ4v) is 3.55. The van der Waals surface area contributed by atoms with Crippen LogP contribution in [0.2, 0.25) is 0 Å². The Morgan fingerprint density at radius 2 is 1.63 bits per heavy atom. The second kappa shape index (κ2) is 11.4. The number of ketones is 1. The van der Waals surface area contributed by atoms with Crippen molar-refractivity contribution in [2.45, 2.75) is 30.7 Å². The first-order valence-electron chi connectivity index (χ1n) is 10.6. The molecule has 1 aliphatic rings. The largest absolute Gasteiger partial charge is 0.504 e. The first kappa shape index (κ1) is 26.3. The molecule has 35 heavy (non-hydrogen) atoms. The van der Waals surface area contributed by atoms with Gasteiger partial charge in [-0.05, 0) is 35.9 Å². The lowest BCUT2D eigenvalue weighted by Gasteiger charge is -2.39. The van der Waals surface area contributed by atoms with E-state index in [0.29, 0.717) is 17.1 Å². The summed E-state index contributed by atoms with van der Waals surface area (Å²) in [6, 6.07) is 7.70. The Morgan fingerprint density at radius 3 is 2.26 bits per heavy atom. The molecule has 5 N–H and O–H groups in total. The normalized spacial score (nSPS) is 24.3.